The van der Waals surface area contributed by atoms with Gasteiger partial charge >= 0.3 is 0 Å². The van der Waals surface area contributed by atoms with Crippen molar-refractivity contribution < 1.29 is 14.4 Å². The number of nitrogens with zero attached hydrogens (tertiary/aromatic N) is 1. The molecule has 7 nitrogen and oxygen atoms in total. The number of dihydropyridines is 1. The first-order chi connectivity index (χ1) is 14.5. The van der Waals surface area contributed by atoms with Gasteiger partial charge in [0.15, 0.2) is 5.78 Å². The van der Waals surface area contributed by atoms with E-state index in [1.54, 1.807) is 36.7 Å². The fourth-order valence-corrected chi connectivity index (χ4v) is 3.26. The fraction of sp³-hybridized carbons (Fsp3) is 0.217. The number of Topliss-reactive ketones (excluding diaryl/α,β-unsaturated/α-hetero) is 1. The van der Waals surface area contributed by atoms with Crippen LogP contribution in [0.5, 0.6) is 0 Å². The first kappa shape index (κ1) is 19.6. The van der Waals surface area contributed by atoms with Crippen LogP contribution in [0.15, 0.2) is 66.3 Å². The lowest BCUT2D eigenvalue weighted by Gasteiger charge is -2.17. The first-order valence-electron chi connectivity index (χ1n) is 9.84. The number of hydrogen-bond acceptors (Lipinski definition) is 5. The Balaban J connectivity index is 1.49. The van der Waals surface area contributed by atoms with Crippen LogP contribution in [0.3, 0.4) is 0 Å². The second-order valence-corrected chi connectivity index (χ2v) is 7.38. The minimum atomic E-state index is -0.298. The molecule has 1 aliphatic heterocycles. The molecule has 3 N–H and O–H groups in total. The van der Waals surface area contributed by atoms with E-state index in [9.17, 15) is 14.4 Å². The van der Waals surface area contributed by atoms with E-state index in [-0.39, 0.29) is 23.5 Å². The number of ketones is 1. The number of carbonyl (C=O) groups is 3. The number of carbonyl (C=O) groups excluding carboxylic acids is 3. The Kier molecular flexibility index (Phi) is 5.43. The van der Waals surface area contributed by atoms with Crippen molar-refractivity contribution in [2.45, 2.75) is 19.8 Å². The van der Waals surface area contributed by atoms with Crippen LogP contribution >= 0.6 is 0 Å². The lowest BCUT2D eigenvalue weighted by atomic mass is 9.98. The molecule has 0 spiro atoms. The van der Waals surface area contributed by atoms with Crippen molar-refractivity contribution >= 4 is 23.3 Å². The van der Waals surface area contributed by atoms with Gasteiger partial charge in [-0.2, -0.15) is 0 Å². The molecule has 1 aliphatic carbocycles. The molecular formula is C23H22N4O3. The normalized spacial score (nSPS) is 15.4. The average molecular weight is 402 g/mol. The van der Waals surface area contributed by atoms with Crippen molar-refractivity contribution in [1.29, 1.82) is 0 Å². The lowest BCUT2D eigenvalue weighted by Crippen LogP contribution is -2.35. The molecule has 1 aromatic carbocycles. The second-order valence-electron chi connectivity index (χ2n) is 7.38. The smallest absolute Gasteiger partial charge is 0.255 e. The van der Waals surface area contributed by atoms with Crippen LogP contribution in [0.2, 0.25) is 0 Å². The molecule has 0 atom stereocenters. The summed E-state index contributed by atoms with van der Waals surface area (Å²) in [6, 6.07) is 9.08. The molecule has 152 valence electrons. The zero-order chi connectivity index (χ0) is 21.1. The molecule has 1 fully saturated rings. The highest BCUT2D eigenvalue weighted by Crippen LogP contribution is 2.29. The quantitative estimate of drug-likeness (QED) is 0.645. The molecule has 2 aromatic rings. The van der Waals surface area contributed by atoms with E-state index in [4.69, 9.17) is 0 Å². The van der Waals surface area contributed by atoms with Crippen molar-refractivity contribution in [3.05, 3.63) is 71.8 Å². The van der Waals surface area contributed by atoms with Gasteiger partial charge in [-0.15, -0.1) is 0 Å². The molecule has 4 rings (SSSR count). The van der Waals surface area contributed by atoms with Gasteiger partial charge in [-0.05, 0) is 37.5 Å². The molecule has 0 radical (unpaired) electrons. The van der Waals surface area contributed by atoms with Gasteiger partial charge in [-0.3, -0.25) is 19.4 Å². The molecule has 2 aliphatic rings. The number of benzene rings is 1. The lowest BCUT2D eigenvalue weighted by molar-refractivity contribution is -0.121. The summed E-state index contributed by atoms with van der Waals surface area (Å²) in [7, 11) is 0. The standard InChI is InChI=1S/C23H22N4O3/c1-14(28)19-4-2-3-5-20(19)17-10-18(13-24-12-17)26-23(30)16-8-9-25-21(11-16)27-22(29)15-6-7-15/h2-5,8,10-13,15,25H,6-7,9H2,1H3,(H,26,30)(H,27,29). The summed E-state index contributed by atoms with van der Waals surface area (Å²) in [5.41, 5.74) is 3.08. The maximum atomic E-state index is 12.7. The van der Waals surface area contributed by atoms with Crippen molar-refractivity contribution in [2.75, 3.05) is 11.9 Å². The van der Waals surface area contributed by atoms with Gasteiger partial charge in [0.05, 0.1) is 11.9 Å². The topological polar surface area (TPSA) is 100 Å². The Labute approximate surface area is 174 Å². The molecule has 2 amide bonds. The number of amides is 2. The summed E-state index contributed by atoms with van der Waals surface area (Å²) < 4.78 is 0. The van der Waals surface area contributed by atoms with Crippen LogP contribution in [-0.2, 0) is 9.59 Å². The summed E-state index contributed by atoms with van der Waals surface area (Å²) in [5.74, 6) is 0.264. The predicted octanol–water partition coefficient (Wildman–Crippen LogP) is 2.79. The van der Waals surface area contributed by atoms with Gasteiger partial charge in [0.25, 0.3) is 5.91 Å². The summed E-state index contributed by atoms with van der Waals surface area (Å²) in [6.07, 6.45) is 8.42. The minimum absolute atomic E-state index is 0.0172. The third kappa shape index (κ3) is 4.46. The summed E-state index contributed by atoms with van der Waals surface area (Å²) in [6.45, 7) is 1.97. The summed E-state index contributed by atoms with van der Waals surface area (Å²) >= 11 is 0. The molecule has 2 heterocycles. The van der Waals surface area contributed by atoms with Crippen LogP contribution < -0.4 is 16.0 Å². The number of hydrogen-bond donors (Lipinski definition) is 3. The predicted molar refractivity (Wildman–Crippen MR) is 113 cm³/mol. The van der Waals surface area contributed by atoms with E-state index < -0.39 is 0 Å². The number of aromatic nitrogens is 1. The highest BCUT2D eigenvalue weighted by atomic mass is 16.2. The van der Waals surface area contributed by atoms with Gasteiger partial charge in [-0.25, -0.2) is 0 Å². The Morgan fingerprint density at radius 3 is 2.67 bits per heavy atom. The van der Waals surface area contributed by atoms with Gasteiger partial charge < -0.3 is 16.0 Å². The third-order valence-corrected chi connectivity index (χ3v) is 5.00. The van der Waals surface area contributed by atoms with Crippen LogP contribution in [0.4, 0.5) is 5.69 Å². The zero-order valence-corrected chi connectivity index (χ0v) is 16.6. The Bertz CT molecular complexity index is 1080. The number of rotatable bonds is 6. The van der Waals surface area contributed by atoms with E-state index >= 15 is 0 Å². The zero-order valence-electron chi connectivity index (χ0n) is 16.6. The highest BCUT2D eigenvalue weighted by molar-refractivity contribution is 6.06. The van der Waals surface area contributed by atoms with E-state index in [1.165, 1.54) is 6.92 Å². The van der Waals surface area contributed by atoms with Crippen LogP contribution in [0.25, 0.3) is 11.1 Å². The van der Waals surface area contributed by atoms with Crippen molar-refractivity contribution in [2.24, 2.45) is 5.92 Å². The van der Waals surface area contributed by atoms with Crippen molar-refractivity contribution in [3.8, 4) is 11.1 Å². The fourth-order valence-electron chi connectivity index (χ4n) is 3.26. The largest absolute Gasteiger partial charge is 0.368 e. The van der Waals surface area contributed by atoms with E-state index in [1.807, 2.05) is 18.2 Å². The third-order valence-electron chi connectivity index (χ3n) is 5.00. The van der Waals surface area contributed by atoms with Gasteiger partial charge in [0.1, 0.15) is 5.82 Å². The number of anilines is 1. The highest BCUT2D eigenvalue weighted by Gasteiger charge is 2.30. The molecule has 7 heteroatoms. The molecule has 1 aromatic heterocycles. The van der Waals surface area contributed by atoms with Crippen LogP contribution in [0.1, 0.15) is 30.1 Å². The minimum Gasteiger partial charge on any atom is -0.368 e. The molecular weight excluding hydrogens is 380 g/mol. The van der Waals surface area contributed by atoms with E-state index in [0.717, 1.165) is 24.0 Å². The Morgan fingerprint density at radius 2 is 1.90 bits per heavy atom. The first-order valence-corrected chi connectivity index (χ1v) is 9.84. The second kappa shape index (κ2) is 8.32. The summed E-state index contributed by atoms with van der Waals surface area (Å²) in [4.78, 5) is 40.8. The van der Waals surface area contributed by atoms with Crippen molar-refractivity contribution in [3.63, 3.8) is 0 Å². The van der Waals surface area contributed by atoms with Gasteiger partial charge in [0, 0.05) is 35.4 Å². The van der Waals surface area contributed by atoms with Gasteiger partial charge in [-0.1, -0.05) is 30.3 Å². The monoisotopic (exact) mass is 402 g/mol. The SMILES string of the molecule is CC(=O)c1ccccc1-c1cncc(NC(=O)C2=CCNC(NC(=O)C3CC3)=C2)c1. The maximum absolute atomic E-state index is 12.7. The van der Waals surface area contributed by atoms with Gasteiger partial charge in [0.2, 0.25) is 5.91 Å². The number of nitrogens with one attached hydrogen (secondary N) is 3. The number of pyridine rings is 1. The molecule has 0 unspecified atom stereocenters. The Hall–Kier alpha value is -3.74. The summed E-state index contributed by atoms with van der Waals surface area (Å²) in [5, 5.41) is 8.72. The molecule has 1 saturated carbocycles. The van der Waals surface area contributed by atoms with Crippen LogP contribution in [0, 0.1) is 5.92 Å². The van der Waals surface area contributed by atoms with Crippen LogP contribution in [-0.4, -0.2) is 29.1 Å². The molecule has 30 heavy (non-hydrogen) atoms. The van der Waals surface area contributed by atoms with E-state index in [0.29, 0.717) is 29.2 Å². The van der Waals surface area contributed by atoms with Crippen molar-refractivity contribution in [1.82, 2.24) is 15.6 Å². The maximum Gasteiger partial charge on any atom is 0.255 e. The average Bonchev–Trinajstić information content (AvgIpc) is 3.60. The molecule has 0 bridgehead atoms. The molecule has 0 saturated heterocycles. The Morgan fingerprint density at radius 1 is 1.10 bits per heavy atom. The van der Waals surface area contributed by atoms with E-state index in [2.05, 4.69) is 20.9 Å².